The van der Waals surface area contributed by atoms with Gasteiger partial charge in [-0.1, -0.05) is 19.4 Å². The van der Waals surface area contributed by atoms with Gasteiger partial charge in [-0.15, -0.1) is 11.3 Å². The molecule has 1 unspecified atom stereocenters. The van der Waals surface area contributed by atoms with E-state index in [0.29, 0.717) is 31.6 Å². The Balaban J connectivity index is 1.51. The van der Waals surface area contributed by atoms with Crippen molar-refractivity contribution in [2.24, 2.45) is 0 Å². The smallest absolute Gasteiger partial charge is 0.340 e. The molecule has 6 nitrogen and oxygen atoms in total. The van der Waals surface area contributed by atoms with Gasteiger partial charge in [-0.3, -0.25) is 9.59 Å². The molecule has 4 rings (SSSR count). The number of thiophene rings is 1. The van der Waals surface area contributed by atoms with E-state index in [4.69, 9.17) is 0 Å². The number of fused-ring (bicyclic) bond motifs is 1. The van der Waals surface area contributed by atoms with Crippen molar-refractivity contribution >= 4 is 23.2 Å². The largest absolute Gasteiger partial charge is 0.416 e. The van der Waals surface area contributed by atoms with Crippen LogP contribution in [0.3, 0.4) is 0 Å². The molecule has 0 radical (unpaired) electrons. The van der Waals surface area contributed by atoms with E-state index in [2.05, 4.69) is 10.4 Å². The highest BCUT2D eigenvalue weighted by atomic mass is 32.1. The molecule has 2 amide bonds. The van der Waals surface area contributed by atoms with Gasteiger partial charge >= 0.3 is 6.18 Å². The Bertz CT molecular complexity index is 1200. The van der Waals surface area contributed by atoms with E-state index in [-0.39, 0.29) is 17.2 Å². The van der Waals surface area contributed by atoms with E-state index in [1.54, 1.807) is 23.2 Å². The number of hydrogen-bond donors (Lipinski definition) is 1. The van der Waals surface area contributed by atoms with Gasteiger partial charge in [0.25, 0.3) is 5.91 Å². The Kier molecular flexibility index (Phi) is 6.79. The molecule has 34 heavy (non-hydrogen) atoms. The molecule has 0 bridgehead atoms. The molecule has 0 spiro atoms. The number of carbonyl (C=O) groups excluding carboxylic acids is 2. The number of carbonyl (C=O) groups is 2. The molecule has 0 aliphatic carbocycles. The summed E-state index contributed by atoms with van der Waals surface area (Å²) in [7, 11) is 0. The zero-order valence-electron chi connectivity index (χ0n) is 18.9. The topological polar surface area (TPSA) is 67.2 Å². The molecular weight excluding hydrogens is 465 g/mol. The first-order valence-electron chi connectivity index (χ1n) is 11.1. The Hall–Kier alpha value is -3.14. The van der Waals surface area contributed by atoms with E-state index in [1.165, 1.54) is 27.9 Å². The van der Waals surface area contributed by atoms with E-state index in [0.717, 1.165) is 24.1 Å². The summed E-state index contributed by atoms with van der Waals surface area (Å²) in [6.07, 6.45) is -1.18. The predicted molar refractivity (Wildman–Crippen MR) is 123 cm³/mol. The molecule has 1 N–H and O–H groups in total. The second-order valence-electron chi connectivity index (χ2n) is 8.30. The number of hydrogen-bond acceptors (Lipinski definition) is 4. The fraction of sp³-hybridized carbons (Fsp3) is 0.375. The zero-order chi connectivity index (χ0) is 24.5. The van der Waals surface area contributed by atoms with Gasteiger partial charge in [-0.25, -0.2) is 4.68 Å². The third-order valence-corrected chi connectivity index (χ3v) is 7.00. The first-order chi connectivity index (χ1) is 16.2. The zero-order valence-corrected chi connectivity index (χ0v) is 19.7. The molecule has 1 aromatic carbocycles. The van der Waals surface area contributed by atoms with Crippen molar-refractivity contribution in [3.63, 3.8) is 0 Å². The Morgan fingerprint density at radius 3 is 2.79 bits per heavy atom. The van der Waals surface area contributed by atoms with Crippen LogP contribution in [0.2, 0.25) is 0 Å². The number of alkyl halides is 3. The van der Waals surface area contributed by atoms with Crippen LogP contribution < -0.4 is 5.32 Å². The molecule has 1 aliphatic heterocycles. The van der Waals surface area contributed by atoms with Crippen molar-refractivity contribution in [2.75, 3.05) is 6.54 Å². The first-order valence-corrected chi connectivity index (χ1v) is 11.9. The van der Waals surface area contributed by atoms with Crippen LogP contribution in [0.1, 0.15) is 51.8 Å². The number of rotatable bonds is 6. The van der Waals surface area contributed by atoms with Crippen LogP contribution in [0, 0.1) is 6.92 Å². The van der Waals surface area contributed by atoms with Gasteiger partial charge in [0.15, 0.2) is 0 Å². The molecule has 3 aromatic rings. The second kappa shape index (κ2) is 9.61. The van der Waals surface area contributed by atoms with Gasteiger partial charge in [-0.05, 0) is 55.0 Å². The summed E-state index contributed by atoms with van der Waals surface area (Å²) in [6, 6.07) is 6.10. The Labute approximate surface area is 199 Å². The number of nitrogens with one attached hydrogen (secondary N) is 1. The number of halogens is 3. The standard InChI is InChI=1S/C24H25F3N4O2S/c1-3-5-20(23(33)30-10-8-21-16(14-30)9-11-34-21)29-22(32)19-13-28-31(15(19)2)18-7-4-6-17(12-18)24(25,26)27/h4,6-7,9,11-13,20H,3,5,8,10,14H2,1-2H3,(H,29,32). The van der Waals surface area contributed by atoms with Crippen LogP contribution >= 0.6 is 11.3 Å². The SMILES string of the molecule is CCCC(NC(=O)c1cnn(-c2cccc(C(F)(F)F)c2)c1C)C(=O)N1CCc2sccc2C1. The van der Waals surface area contributed by atoms with Gasteiger partial charge < -0.3 is 10.2 Å². The lowest BCUT2D eigenvalue weighted by Gasteiger charge is -2.30. The van der Waals surface area contributed by atoms with E-state index in [9.17, 15) is 22.8 Å². The van der Waals surface area contributed by atoms with E-state index in [1.807, 2.05) is 18.4 Å². The average Bonchev–Trinajstić information content (AvgIpc) is 3.43. The number of nitrogens with zero attached hydrogens (tertiary/aromatic N) is 3. The van der Waals surface area contributed by atoms with Crippen molar-refractivity contribution in [1.82, 2.24) is 20.0 Å². The lowest BCUT2D eigenvalue weighted by atomic mass is 10.1. The highest BCUT2D eigenvalue weighted by Gasteiger charge is 2.32. The third kappa shape index (κ3) is 4.86. The number of aromatic nitrogens is 2. The summed E-state index contributed by atoms with van der Waals surface area (Å²) in [5.41, 5.74) is 1.15. The van der Waals surface area contributed by atoms with Gasteiger partial charge in [0, 0.05) is 18.0 Å². The highest BCUT2D eigenvalue weighted by molar-refractivity contribution is 7.10. The maximum atomic E-state index is 13.2. The predicted octanol–water partition coefficient (Wildman–Crippen LogP) is 4.74. The molecule has 1 atom stereocenters. The maximum absolute atomic E-state index is 13.2. The molecule has 0 saturated heterocycles. The van der Waals surface area contributed by atoms with Crippen LogP contribution in [-0.2, 0) is 23.9 Å². The third-order valence-electron chi connectivity index (χ3n) is 5.97. The molecule has 3 heterocycles. The van der Waals surface area contributed by atoms with Crippen LogP contribution in [0.25, 0.3) is 5.69 Å². The monoisotopic (exact) mass is 490 g/mol. The normalized spacial score (nSPS) is 14.6. The second-order valence-corrected chi connectivity index (χ2v) is 9.30. The van der Waals surface area contributed by atoms with Crippen molar-refractivity contribution in [1.29, 1.82) is 0 Å². The quantitative estimate of drug-likeness (QED) is 0.543. The number of benzene rings is 1. The van der Waals surface area contributed by atoms with Gasteiger partial charge in [0.2, 0.25) is 5.91 Å². The molecule has 180 valence electrons. The molecule has 0 saturated carbocycles. The fourth-order valence-corrected chi connectivity index (χ4v) is 5.04. The fourth-order valence-electron chi connectivity index (χ4n) is 4.15. The van der Waals surface area contributed by atoms with Crippen LogP contribution in [0.5, 0.6) is 0 Å². The Morgan fingerprint density at radius 1 is 1.26 bits per heavy atom. The van der Waals surface area contributed by atoms with E-state index >= 15 is 0 Å². The maximum Gasteiger partial charge on any atom is 0.416 e. The number of amides is 2. The molecule has 10 heteroatoms. The minimum atomic E-state index is -4.48. The Morgan fingerprint density at radius 2 is 2.06 bits per heavy atom. The summed E-state index contributed by atoms with van der Waals surface area (Å²) in [6.45, 7) is 4.69. The highest BCUT2D eigenvalue weighted by Crippen LogP contribution is 2.30. The average molecular weight is 491 g/mol. The van der Waals surface area contributed by atoms with Gasteiger partial charge in [-0.2, -0.15) is 18.3 Å². The van der Waals surface area contributed by atoms with Crippen LogP contribution in [0.15, 0.2) is 41.9 Å². The van der Waals surface area contributed by atoms with Crippen molar-refractivity contribution in [2.45, 2.75) is 51.9 Å². The first kappa shape index (κ1) is 24.0. The summed E-state index contributed by atoms with van der Waals surface area (Å²) in [5.74, 6) is -0.606. The lowest BCUT2D eigenvalue weighted by molar-refractivity contribution is -0.137. The molecule has 1 aliphatic rings. The minimum Gasteiger partial charge on any atom is -0.340 e. The van der Waals surface area contributed by atoms with Crippen LogP contribution in [-0.4, -0.2) is 39.1 Å². The summed E-state index contributed by atoms with van der Waals surface area (Å²) in [4.78, 5) is 29.3. The molecule has 0 fully saturated rings. The minimum absolute atomic E-state index is 0.130. The summed E-state index contributed by atoms with van der Waals surface area (Å²) < 4.78 is 40.6. The van der Waals surface area contributed by atoms with E-state index < -0.39 is 23.7 Å². The summed E-state index contributed by atoms with van der Waals surface area (Å²) in [5, 5.41) is 8.98. The molecular formula is C24H25F3N4O2S. The van der Waals surface area contributed by atoms with Gasteiger partial charge in [0.05, 0.1) is 28.7 Å². The van der Waals surface area contributed by atoms with Gasteiger partial charge in [0.1, 0.15) is 6.04 Å². The van der Waals surface area contributed by atoms with Crippen molar-refractivity contribution in [3.8, 4) is 5.69 Å². The van der Waals surface area contributed by atoms with Crippen molar-refractivity contribution in [3.05, 3.63) is 69.2 Å². The molecule has 2 aromatic heterocycles. The van der Waals surface area contributed by atoms with Crippen LogP contribution in [0.4, 0.5) is 13.2 Å². The lowest BCUT2D eigenvalue weighted by Crippen LogP contribution is -2.49. The summed E-state index contributed by atoms with van der Waals surface area (Å²) >= 11 is 1.69. The van der Waals surface area contributed by atoms with Crippen molar-refractivity contribution < 1.29 is 22.8 Å².